The molecule has 3 aromatic rings. The third kappa shape index (κ3) is 4.68. The largest absolute Gasteiger partial charge is 0.471 e. The highest BCUT2D eigenvalue weighted by atomic mass is 35.5. The van der Waals surface area contributed by atoms with Crippen LogP contribution in [0, 0.1) is 13.8 Å². The van der Waals surface area contributed by atoms with Crippen molar-refractivity contribution in [1.82, 2.24) is 19.6 Å². The lowest BCUT2D eigenvalue weighted by Crippen LogP contribution is -2.20. The van der Waals surface area contributed by atoms with Crippen molar-refractivity contribution in [2.24, 2.45) is 0 Å². The first-order valence-electron chi connectivity index (χ1n) is 8.69. The maximum absolute atomic E-state index is 12.2. The number of anilines is 1. The molecule has 7 nitrogen and oxygen atoms in total. The number of hydrogen-bond donors (Lipinski definition) is 1. The van der Waals surface area contributed by atoms with Gasteiger partial charge in [0, 0.05) is 0 Å². The molecule has 0 unspecified atom stereocenters. The summed E-state index contributed by atoms with van der Waals surface area (Å²) in [5, 5.41) is 11.8. The van der Waals surface area contributed by atoms with E-state index in [2.05, 4.69) is 22.4 Å². The van der Waals surface area contributed by atoms with Crippen molar-refractivity contribution in [1.29, 1.82) is 0 Å². The zero-order chi connectivity index (χ0) is 19.4. The molecule has 142 valence electrons. The molecule has 0 aliphatic rings. The molecule has 0 radical (unpaired) electrons. The van der Waals surface area contributed by atoms with Crippen molar-refractivity contribution in [3.05, 3.63) is 58.6 Å². The van der Waals surface area contributed by atoms with Crippen molar-refractivity contribution in [3.8, 4) is 5.75 Å². The zero-order valence-corrected chi connectivity index (χ0v) is 16.3. The second-order valence-electron chi connectivity index (χ2n) is 6.23. The molecule has 8 heteroatoms. The summed E-state index contributed by atoms with van der Waals surface area (Å²) in [4.78, 5) is 12.2. The van der Waals surface area contributed by atoms with Gasteiger partial charge in [-0.15, -0.1) is 0 Å². The smallest absolute Gasteiger partial charge is 0.246 e. The standard InChI is InChI=1S/C19H22ClN5O2/c1-4-15-5-7-17(8-6-15)27-12-24-10-16(9-21-24)22-18(26)11-25-14(3)19(20)13(2)23-25/h5-10H,4,11-12H2,1-3H3,(H,22,26). The molecule has 0 saturated heterocycles. The van der Waals surface area contributed by atoms with Gasteiger partial charge in [0.25, 0.3) is 0 Å². The molecule has 0 saturated carbocycles. The normalized spacial score (nSPS) is 10.8. The number of halogens is 1. The van der Waals surface area contributed by atoms with E-state index in [1.807, 2.05) is 38.1 Å². The Kier molecular flexibility index (Phi) is 5.81. The van der Waals surface area contributed by atoms with Crippen LogP contribution in [0.4, 0.5) is 5.69 Å². The van der Waals surface area contributed by atoms with Gasteiger partial charge in [-0.25, -0.2) is 4.68 Å². The predicted molar refractivity (Wildman–Crippen MR) is 104 cm³/mol. The van der Waals surface area contributed by atoms with Crippen LogP contribution in [0.25, 0.3) is 0 Å². The highest BCUT2D eigenvalue weighted by Crippen LogP contribution is 2.19. The molecule has 0 atom stereocenters. The van der Waals surface area contributed by atoms with Gasteiger partial charge in [0.2, 0.25) is 5.91 Å². The molecule has 2 heterocycles. The monoisotopic (exact) mass is 387 g/mol. The number of carbonyl (C=O) groups excluding carboxylic acids is 1. The molecule has 0 fully saturated rings. The summed E-state index contributed by atoms with van der Waals surface area (Å²) in [7, 11) is 0. The Morgan fingerprint density at radius 2 is 2.00 bits per heavy atom. The van der Waals surface area contributed by atoms with Gasteiger partial charge in [0.05, 0.1) is 34.5 Å². The summed E-state index contributed by atoms with van der Waals surface area (Å²) in [6.45, 7) is 6.10. The van der Waals surface area contributed by atoms with E-state index in [0.717, 1.165) is 17.9 Å². The van der Waals surface area contributed by atoms with E-state index in [4.69, 9.17) is 16.3 Å². The number of aromatic nitrogens is 4. The number of rotatable bonds is 7. The SMILES string of the molecule is CCc1ccc(OCn2cc(NC(=O)Cn3nc(C)c(Cl)c3C)cn2)cc1. The van der Waals surface area contributed by atoms with Gasteiger partial charge in [-0.1, -0.05) is 30.7 Å². The van der Waals surface area contributed by atoms with E-state index in [1.54, 1.807) is 21.8 Å². The van der Waals surface area contributed by atoms with Gasteiger partial charge in [0.15, 0.2) is 6.73 Å². The maximum Gasteiger partial charge on any atom is 0.246 e. The van der Waals surface area contributed by atoms with Gasteiger partial charge in [-0.05, 0) is 38.0 Å². The van der Waals surface area contributed by atoms with Crippen LogP contribution in [0.1, 0.15) is 23.9 Å². The molecule has 3 rings (SSSR count). The van der Waals surface area contributed by atoms with Crippen LogP contribution in [0.3, 0.4) is 0 Å². The molecule has 0 bridgehead atoms. The first-order valence-corrected chi connectivity index (χ1v) is 9.07. The summed E-state index contributed by atoms with van der Waals surface area (Å²) in [6.07, 6.45) is 4.29. The van der Waals surface area contributed by atoms with Gasteiger partial charge in [0.1, 0.15) is 12.3 Å². The second kappa shape index (κ2) is 8.26. The Morgan fingerprint density at radius 1 is 1.26 bits per heavy atom. The topological polar surface area (TPSA) is 74.0 Å². The third-order valence-electron chi connectivity index (χ3n) is 4.20. The Balaban J connectivity index is 1.53. The fraction of sp³-hybridized carbons (Fsp3) is 0.316. The Bertz CT molecular complexity index is 930. The maximum atomic E-state index is 12.2. The predicted octanol–water partition coefficient (Wildman–Crippen LogP) is 3.59. The van der Waals surface area contributed by atoms with Crippen molar-refractivity contribution in [2.75, 3.05) is 5.32 Å². The summed E-state index contributed by atoms with van der Waals surface area (Å²) >= 11 is 6.11. The van der Waals surface area contributed by atoms with Crippen LogP contribution in [-0.2, 0) is 24.5 Å². The lowest BCUT2D eigenvalue weighted by molar-refractivity contribution is -0.116. The lowest BCUT2D eigenvalue weighted by Gasteiger charge is -2.07. The van der Waals surface area contributed by atoms with Crippen LogP contribution in [0.2, 0.25) is 5.02 Å². The van der Waals surface area contributed by atoms with Gasteiger partial charge >= 0.3 is 0 Å². The first-order chi connectivity index (χ1) is 13.0. The number of carbonyl (C=O) groups is 1. The number of ether oxygens (including phenoxy) is 1. The van der Waals surface area contributed by atoms with Crippen LogP contribution in [0.5, 0.6) is 5.75 Å². The molecule has 27 heavy (non-hydrogen) atoms. The van der Waals surface area contributed by atoms with Crippen LogP contribution < -0.4 is 10.1 Å². The molecule has 0 spiro atoms. The quantitative estimate of drug-likeness (QED) is 0.672. The summed E-state index contributed by atoms with van der Waals surface area (Å²) < 4.78 is 8.89. The fourth-order valence-electron chi connectivity index (χ4n) is 2.63. The van der Waals surface area contributed by atoms with Crippen molar-refractivity contribution in [3.63, 3.8) is 0 Å². The average molecular weight is 388 g/mol. The average Bonchev–Trinajstić information content (AvgIpc) is 3.20. The fourth-order valence-corrected chi connectivity index (χ4v) is 2.76. The molecular formula is C19H22ClN5O2. The second-order valence-corrected chi connectivity index (χ2v) is 6.61. The number of amides is 1. The number of benzene rings is 1. The first kappa shape index (κ1) is 19.0. The van der Waals surface area contributed by atoms with Gasteiger partial charge in [-0.2, -0.15) is 10.2 Å². The van der Waals surface area contributed by atoms with Crippen molar-refractivity contribution in [2.45, 2.75) is 40.5 Å². The van der Waals surface area contributed by atoms with E-state index >= 15 is 0 Å². The summed E-state index contributed by atoms with van der Waals surface area (Å²) in [5.41, 5.74) is 3.33. The van der Waals surface area contributed by atoms with E-state index in [9.17, 15) is 4.79 Å². The highest BCUT2D eigenvalue weighted by Gasteiger charge is 2.13. The molecular weight excluding hydrogens is 366 g/mol. The van der Waals surface area contributed by atoms with E-state index in [-0.39, 0.29) is 19.2 Å². The number of nitrogens with zero attached hydrogens (tertiary/aromatic N) is 4. The molecule has 1 aromatic carbocycles. The third-order valence-corrected chi connectivity index (χ3v) is 4.75. The molecule has 1 amide bonds. The van der Waals surface area contributed by atoms with Crippen molar-refractivity contribution >= 4 is 23.2 Å². The van der Waals surface area contributed by atoms with Crippen LogP contribution >= 0.6 is 11.6 Å². The van der Waals surface area contributed by atoms with Gasteiger partial charge < -0.3 is 10.1 Å². The minimum absolute atomic E-state index is 0.0881. The van der Waals surface area contributed by atoms with E-state index in [0.29, 0.717) is 16.4 Å². The minimum atomic E-state index is -0.201. The Labute approximate surface area is 162 Å². The number of aryl methyl sites for hydroxylation is 2. The highest BCUT2D eigenvalue weighted by molar-refractivity contribution is 6.31. The van der Waals surface area contributed by atoms with E-state index in [1.165, 1.54) is 5.56 Å². The van der Waals surface area contributed by atoms with Crippen LogP contribution in [0.15, 0.2) is 36.7 Å². The van der Waals surface area contributed by atoms with Gasteiger partial charge in [-0.3, -0.25) is 9.48 Å². The lowest BCUT2D eigenvalue weighted by atomic mass is 10.2. The Morgan fingerprint density at radius 3 is 2.63 bits per heavy atom. The number of nitrogens with one attached hydrogen (secondary N) is 1. The zero-order valence-electron chi connectivity index (χ0n) is 15.6. The molecule has 0 aliphatic heterocycles. The molecule has 2 aromatic heterocycles. The minimum Gasteiger partial charge on any atom is -0.471 e. The molecule has 0 aliphatic carbocycles. The molecule has 1 N–H and O–H groups in total. The van der Waals surface area contributed by atoms with Crippen molar-refractivity contribution < 1.29 is 9.53 Å². The summed E-state index contributed by atoms with van der Waals surface area (Å²) in [6, 6.07) is 7.94. The number of hydrogen-bond acceptors (Lipinski definition) is 4. The summed E-state index contributed by atoms with van der Waals surface area (Å²) in [5.74, 6) is 0.572. The van der Waals surface area contributed by atoms with Crippen LogP contribution in [-0.4, -0.2) is 25.5 Å². The van der Waals surface area contributed by atoms with E-state index < -0.39 is 0 Å². The Hall–Kier alpha value is -2.80.